The van der Waals surface area contributed by atoms with Crippen LogP contribution in [0.1, 0.15) is 93.7 Å². The van der Waals surface area contributed by atoms with Gasteiger partial charge in [0.1, 0.15) is 0 Å². The highest BCUT2D eigenvalue weighted by atomic mass is 14.4. The van der Waals surface area contributed by atoms with Crippen LogP contribution in [-0.4, -0.2) is 0 Å². The second-order valence-electron chi connectivity index (χ2n) is 10.5. The van der Waals surface area contributed by atoms with E-state index in [1.807, 2.05) is 12.1 Å². The van der Waals surface area contributed by atoms with E-state index in [0.717, 1.165) is 29.2 Å². The summed E-state index contributed by atoms with van der Waals surface area (Å²) in [6.45, 7) is 2.42. The van der Waals surface area contributed by atoms with E-state index >= 15 is 0 Å². The number of nitrogens with zero attached hydrogens (tertiary/aromatic N) is 1. The van der Waals surface area contributed by atoms with E-state index in [-0.39, 0.29) is 0 Å². The third-order valence-electron chi connectivity index (χ3n) is 8.43. The highest BCUT2D eigenvalue weighted by Crippen LogP contribution is 2.43. The molecular weight excluding hydrogens is 374 g/mol. The Labute approximate surface area is 189 Å². The number of hydrogen-bond acceptors (Lipinski definition) is 1. The van der Waals surface area contributed by atoms with Crippen molar-refractivity contribution in [3.63, 3.8) is 0 Å². The first-order valence-corrected chi connectivity index (χ1v) is 12.7. The lowest BCUT2D eigenvalue weighted by Gasteiger charge is -2.38. The summed E-state index contributed by atoms with van der Waals surface area (Å²) >= 11 is 0. The van der Waals surface area contributed by atoms with Crippen molar-refractivity contribution in [2.75, 3.05) is 0 Å². The van der Waals surface area contributed by atoms with Gasteiger partial charge in [-0.1, -0.05) is 75.1 Å². The fourth-order valence-electron chi connectivity index (χ4n) is 6.38. The van der Waals surface area contributed by atoms with Crippen molar-refractivity contribution in [2.24, 2.45) is 23.7 Å². The van der Waals surface area contributed by atoms with Gasteiger partial charge in [-0.25, -0.2) is 0 Å². The maximum atomic E-state index is 8.94. The summed E-state index contributed by atoms with van der Waals surface area (Å²) in [5, 5.41) is 8.94. The van der Waals surface area contributed by atoms with E-state index in [9.17, 15) is 0 Å². The van der Waals surface area contributed by atoms with Crippen LogP contribution in [0.3, 0.4) is 0 Å². The Balaban J connectivity index is 1.15. The number of aryl methyl sites for hydroxylation is 1. The molecule has 0 saturated heterocycles. The predicted octanol–water partition coefficient (Wildman–Crippen LogP) is 8.30. The minimum Gasteiger partial charge on any atom is -0.192 e. The van der Waals surface area contributed by atoms with E-state index in [0.29, 0.717) is 5.92 Å². The average molecular weight is 414 g/mol. The molecule has 2 aromatic rings. The molecule has 0 bridgehead atoms. The molecule has 2 aliphatic carbocycles. The molecule has 2 fully saturated rings. The quantitative estimate of drug-likeness (QED) is 0.448. The Morgan fingerprint density at radius 2 is 1.35 bits per heavy atom. The van der Waals surface area contributed by atoms with E-state index in [4.69, 9.17) is 5.26 Å². The van der Waals surface area contributed by atoms with Gasteiger partial charge in [0.05, 0.1) is 11.6 Å². The van der Waals surface area contributed by atoms with Crippen molar-refractivity contribution < 1.29 is 0 Å². The van der Waals surface area contributed by atoms with Gasteiger partial charge in [0.15, 0.2) is 0 Å². The number of benzene rings is 2. The van der Waals surface area contributed by atoms with Crippen molar-refractivity contribution in [3.05, 3.63) is 71.3 Å². The molecular formula is C30H39N. The molecule has 31 heavy (non-hydrogen) atoms. The van der Waals surface area contributed by atoms with Crippen molar-refractivity contribution in [1.82, 2.24) is 0 Å². The van der Waals surface area contributed by atoms with Gasteiger partial charge in [-0.2, -0.15) is 5.26 Å². The molecule has 0 aliphatic heterocycles. The predicted molar refractivity (Wildman–Crippen MR) is 130 cm³/mol. The van der Waals surface area contributed by atoms with Gasteiger partial charge in [0.25, 0.3) is 0 Å². The summed E-state index contributed by atoms with van der Waals surface area (Å²) in [6.07, 6.45) is 15.5. The Morgan fingerprint density at radius 1 is 0.774 bits per heavy atom. The Kier molecular flexibility index (Phi) is 7.85. The van der Waals surface area contributed by atoms with Crippen molar-refractivity contribution >= 4 is 0 Å². The molecule has 0 radical (unpaired) electrons. The minimum atomic E-state index is 0.703. The van der Waals surface area contributed by atoms with E-state index in [2.05, 4.69) is 55.5 Å². The van der Waals surface area contributed by atoms with Crippen molar-refractivity contribution in [2.45, 2.75) is 83.5 Å². The third-order valence-corrected chi connectivity index (χ3v) is 8.43. The fourth-order valence-corrected chi connectivity index (χ4v) is 6.38. The van der Waals surface area contributed by atoms with Crippen LogP contribution in [0.5, 0.6) is 0 Å². The molecule has 2 aromatic carbocycles. The lowest BCUT2D eigenvalue weighted by atomic mass is 9.67. The zero-order valence-electron chi connectivity index (χ0n) is 19.3. The molecule has 0 amide bonds. The van der Waals surface area contributed by atoms with E-state index in [1.54, 1.807) is 0 Å². The number of hydrogen-bond donors (Lipinski definition) is 0. The van der Waals surface area contributed by atoms with Gasteiger partial charge < -0.3 is 0 Å². The molecule has 2 aliphatic rings. The van der Waals surface area contributed by atoms with Gasteiger partial charge in [-0.3, -0.25) is 0 Å². The van der Waals surface area contributed by atoms with Crippen LogP contribution in [0.2, 0.25) is 0 Å². The topological polar surface area (TPSA) is 23.8 Å². The van der Waals surface area contributed by atoms with E-state index in [1.165, 1.54) is 81.8 Å². The Morgan fingerprint density at radius 3 is 1.94 bits per heavy atom. The summed E-state index contributed by atoms with van der Waals surface area (Å²) in [5.41, 5.74) is 3.68. The van der Waals surface area contributed by atoms with Gasteiger partial charge in [-0.15, -0.1) is 0 Å². The Hall–Kier alpha value is -2.07. The van der Waals surface area contributed by atoms with E-state index < -0.39 is 0 Å². The van der Waals surface area contributed by atoms with Gasteiger partial charge in [0.2, 0.25) is 0 Å². The minimum absolute atomic E-state index is 0.703. The first kappa shape index (κ1) is 22.1. The normalized spacial score (nSPS) is 27.4. The van der Waals surface area contributed by atoms with Crippen molar-refractivity contribution in [1.29, 1.82) is 5.26 Å². The summed E-state index contributed by atoms with van der Waals surface area (Å²) in [5.74, 6) is 4.56. The van der Waals surface area contributed by atoms with Gasteiger partial charge in [0, 0.05) is 0 Å². The molecule has 164 valence electrons. The lowest BCUT2D eigenvalue weighted by molar-refractivity contribution is 0.139. The average Bonchev–Trinajstić information content (AvgIpc) is 2.84. The largest absolute Gasteiger partial charge is 0.192 e. The van der Waals surface area contributed by atoms with Crippen LogP contribution >= 0.6 is 0 Å². The maximum absolute atomic E-state index is 8.94. The Bertz CT molecular complexity index is 815. The SMILES string of the molecule is CC(CC1CCC(C2CCC(CCc3ccc(C#N)cc3)CC2)CC1)c1ccccc1. The molecule has 1 heteroatoms. The molecule has 0 aromatic heterocycles. The second-order valence-corrected chi connectivity index (χ2v) is 10.5. The maximum Gasteiger partial charge on any atom is 0.0991 e. The molecule has 2 saturated carbocycles. The first-order chi connectivity index (χ1) is 15.2. The number of nitriles is 1. The monoisotopic (exact) mass is 413 g/mol. The molecule has 1 unspecified atom stereocenters. The highest BCUT2D eigenvalue weighted by molar-refractivity contribution is 5.31. The lowest BCUT2D eigenvalue weighted by Crippen LogP contribution is -2.26. The van der Waals surface area contributed by atoms with Crippen LogP contribution in [0.4, 0.5) is 0 Å². The second kappa shape index (κ2) is 11.0. The van der Waals surface area contributed by atoms with Gasteiger partial charge >= 0.3 is 0 Å². The fraction of sp³-hybridized carbons (Fsp3) is 0.567. The standard InChI is InChI=1S/C30H39N/c1-23(28-5-3-2-4-6-28)21-26-15-19-30(20-16-26)29-17-13-25(14-18-29)8-7-24-9-11-27(22-31)12-10-24/h2-6,9-12,23,25-26,29-30H,7-8,13-21H2,1H3. The molecule has 1 atom stereocenters. The summed E-state index contributed by atoms with van der Waals surface area (Å²) < 4.78 is 0. The summed E-state index contributed by atoms with van der Waals surface area (Å²) in [4.78, 5) is 0. The van der Waals surface area contributed by atoms with Crippen LogP contribution in [-0.2, 0) is 6.42 Å². The van der Waals surface area contributed by atoms with Crippen LogP contribution in [0.15, 0.2) is 54.6 Å². The number of rotatable bonds is 7. The van der Waals surface area contributed by atoms with Crippen LogP contribution in [0.25, 0.3) is 0 Å². The highest BCUT2D eigenvalue weighted by Gasteiger charge is 2.31. The third kappa shape index (κ3) is 6.22. The van der Waals surface area contributed by atoms with Crippen molar-refractivity contribution in [3.8, 4) is 6.07 Å². The zero-order valence-corrected chi connectivity index (χ0v) is 19.3. The van der Waals surface area contributed by atoms with Gasteiger partial charge in [-0.05, 0) is 97.8 Å². The van der Waals surface area contributed by atoms with Crippen LogP contribution < -0.4 is 0 Å². The molecule has 0 heterocycles. The summed E-state index contributed by atoms with van der Waals surface area (Å²) in [6, 6.07) is 21.5. The summed E-state index contributed by atoms with van der Waals surface area (Å²) in [7, 11) is 0. The molecule has 4 rings (SSSR count). The molecule has 0 N–H and O–H groups in total. The molecule has 1 nitrogen and oxygen atoms in total. The zero-order chi connectivity index (χ0) is 21.5. The smallest absolute Gasteiger partial charge is 0.0991 e. The first-order valence-electron chi connectivity index (χ1n) is 12.7. The van der Waals surface area contributed by atoms with Crippen LogP contribution in [0, 0.1) is 35.0 Å². The molecule has 0 spiro atoms.